The van der Waals surface area contributed by atoms with E-state index in [9.17, 15) is 4.79 Å². The van der Waals surface area contributed by atoms with Gasteiger partial charge in [0.05, 0.1) is 17.1 Å². The van der Waals surface area contributed by atoms with Crippen molar-refractivity contribution in [2.45, 2.75) is 6.92 Å². The maximum absolute atomic E-state index is 12.3. The van der Waals surface area contributed by atoms with Gasteiger partial charge in [0.25, 0.3) is 5.91 Å². The maximum Gasteiger partial charge on any atom is 0.267 e. The molecule has 0 atom stereocenters. The molecule has 1 aromatic carbocycles. The number of amides is 1. The first-order valence-electron chi connectivity index (χ1n) is 5.89. The summed E-state index contributed by atoms with van der Waals surface area (Å²) in [4.78, 5) is 18.7. The molecule has 0 bridgehead atoms. The SMILES string of the molecule is Cc1nc(N)sc1C(=O)Nc1cc(Cl)ccc1N(C)C. The molecule has 1 heterocycles. The van der Waals surface area contributed by atoms with E-state index in [1.807, 2.05) is 25.1 Å². The van der Waals surface area contributed by atoms with Crippen molar-refractivity contribution in [2.75, 3.05) is 30.0 Å². The van der Waals surface area contributed by atoms with E-state index in [4.69, 9.17) is 17.3 Å². The van der Waals surface area contributed by atoms with Crippen molar-refractivity contribution >= 4 is 45.4 Å². The van der Waals surface area contributed by atoms with Crippen LogP contribution in [-0.2, 0) is 0 Å². The predicted octanol–water partition coefficient (Wildman–Crippen LogP) is 3.01. The van der Waals surface area contributed by atoms with Gasteiger partial charge in [-0.25, -0.2) is 4.98 Å². The molecule has 0 aliphatic heterocycles. The van der Waals surface area contributed by atoms with Crippen molar-refractivity contribution in [1.29, 1.82) is 0 Å². The molecule has 106 valence electrons. The smallest absolute Gasteiger partial charge is 0.267 e. The summed E-state index contributed by atoms with van der Waals surface area (Å²) >= 11 is 7.15. The van der Waals surface area contributed by atoms with Crippen LogP contribution < -0.4 is 16.0 Å². The summed E-state index contributed by atoms with van der Waals surface area (Å²) in [6.07, 6.45) is 0. The van der Waals surface area contributed by atoms with E-state index in [1.54, 1.807) is 19.1 Å². The fourth-order valence-corrected chi connectivity index (χ4v) is 2.71. The number of aromatic nitrogens is 1. The first-order valence-corrected chi connectivity index (χ1v) is 7.09. The molecule has 2 rings (SSSR count). The Hall–Kier alpha value is -1.79. The Morgan fingerprint density at radius 3 is 2.70 bits per heavy atom. The van der Waals surface area contributed by atoms with Crippen LogP contribution in [0, 0.1) is 6.92 Å². The van der Waals surface area contributed by atoms with Gasteiger partial charge in [-0.3, -0.25) is 4.79 Å². The summed E-state index contributed by atoms with van der Waals surface area (Å²) in [5.41, 5.74) is 7.76. The van der Waals surface area contributed by atoms with Crippen LogP contribution in [0.4, 0.5) is 16.5 Å². The first-order chi connectivity index (χ1) is 9.38. The second-order valence-electron chi connectivity index (χ2n) is 4.48. The molecule has 0 fully saturated rings. The summed E-state index contributed by atoms with van der Waals surface area (Å²) in [5, 5.41) is 3.80. The van der Waals surface area contributed by atoms with Crippen molar-refractivity contribution in [3.05, 3.63) is 33.8 Å². The highest BCUT2D eigenvalue weighted by Crippen LogP contribution is 2.29. The van der Waals surface area contributed by atoms with Gasteiger partial charge >= 0.3 is 0 Å². The van der Waals surface area contributed by atoms with Crippen LogP contribution in [0.15, 0.2) is 18.2 Å². The molecular weight excluding hydrogens is 296 g/mol. The highest BCUT2D eigenvalue weighted by atomic mass is 35.5. The van der Waals surface area contributed by atoms with Crippen molar-refractivity contribution in [3.63, 3.8) is 0 Å². The number of benzene rings is 1. The minimum Gasteiger partial charge on any atom is -0.376 e. The number of anilines is 3. The highest BCUT2D eigenvalue weighted by molar-refractivity contribution is 7.17. The standard InChI is InChI=1S/C13H15ClN4OS/c1-7-11(20-13(15)16-7)12(19)17-9-6-8(14)4-5-10(9)18(2)3/h4-6H,1-3H3,(H2,15,16)(H,17,19). The van der Waals surface area contributed by atoms with Crippen LogP contribution in [0.25, 0.3) is 0 Å². The second kappa shape index (κ2) is 5.68. The van der Waals surface area contributed by atoms with Crippen molar-refractivity contribution < 1.29 is 4.79 Å². The minimum atomic E-state index is -0.234. The average Bonchev–Trinajstić information content (AvgIpc) is 2.68. The van der Waals surface area contributed by atoms with Crippen LogP contribution in [0.2, 0.25) is 5.02 Å². The molecule has 0 spiro atoms. The van der Waals surface area contributed by atoms with E-state index in [1.165, 1.54) is 11.3 Å². The Morgan fingerprint density at radius 2 is 2.15 bits per heavy atom. The van der Waals surface area contributed by atoms with Crippen LogP contribution in [-0.4, -0.2) is 25.0 Å². The van der Waals surface area contributed by atoms with Gasteiger partial charge in [0.15, 0.2) is 5.13 Å². The van der Waals surface area contributed by atoms with Gasteiger partial charge in [0, 0.05) is 19.1 Å². The van der Waals surface area contributed by atoms with Crippen molar-refractivity contribution in [1.82, 2.24) is 4.98 Å². The number of aryl methyl sites for hydroxylation is 1. The van der Waals surface area contributed by atoms with Crippen molar-refractivity contribution in [3.8, 4) is 0 Å². The lowest BCUT2D eigenvalue weighted by atomic mass is 10.2. The lowest BCUT2D eigenvalue weighted by Gasteiger charge is -2.18. The third kappa shape index (κ3) is 3.02. The van der Waals surface area contributed by atoms with Gasteiger partial charge in [-0.2, -0.15) is 0 Å². The van der Waals surface area contributed by atoms with E-state index in [0.717, 1.165) is 5.69 Å². The highest BCUT2D eigenvalue weighted by Gasteiger charge is 2.16. The molecule has 0 saturated heterocycles. The molecule has 0 aliphatic rings. The zero-order valence-corrected chi connectivity index (χ0v) is 13.0. The Kier molecular flexibility index (Phi) is 4.15. The third-order valence-electron chi connectivity index (χ3n) is 2.71. The van der Waals surface area contributed by atoms with Crippen LogP contribution in [0.1, 0.15) is 15.4 Å². The lowest BCUT2D eigenvalue weighted by Crippen LogP contribution is -2.16. The fraction of sp³-hybridized carbons (Fsp3) is 0.231. The summed E-state index contributed by atoms with van der Waals surface area (Å²) in [6, 6.07) is 5.35. The molecule has 3 N–H and O–H groups in total. The summed E-state index contributed by atoms with van der Waals surface area (Å²) in [5.74, 6) is -0.234. The van der Waals surface area contributed by atoms with Crippen molar-refractivity contribution in [2.24, 2.45) is 0 Å². The lowest BCUT2D eigenvalue weighted by molar-refractivity contribution is 0.103. The van der Waals surface area contributed by atoms with Gasteiger partial charge in [0.1, 0.15) is 4.88 Å². The Balaban J connectivity index is 2.32. The maximum atomic E-state index is 12.3. The molecule has 0 radical (unpaired) electrons. The Morgan fingerprint density at radius 1 is 1.45 bits per heavy atom. The molecular formula is C13H15ClN4OS. The molecule has 0 unspecified atom stereocenters. The summed E-state index contributed by atoms with van der Waals surface area (Å²) in [6.45, 7) is 1.76. The van der Waals surface area contributed by atoms with Crippen LogP contribution in [0.5, 0.6) is 0 Å². The first kappa shape index (κ1) is 14.6. The van der Waals surface area contributed by atoms with Crippen LogP contribution in [0.3, 0.4) is 0 Å². The zero-order valence-electron chi connectivity index (χ0n) is 11.4. The molecule has 5 nitrogen and oxygen atoms in total. The number of thiazole rings is 1. The number of nitrogens with two attached hydrogens (primary N) is 1. The van der Waals surface area contributed by atoms with Gasteiger partial charge < -0.3 is 16.0 Å². The molecule has 0 saturated carbocycles. The molecule has 7 heteroatoms. The number of nitrogen functional groups attached to an aromatic ring is 1. The fourth-order valence-electron chi connectivity index (χ4n) is 1.81. The molecule has 0 aliphatic carbocycles. The largest absolute Gasteiger partial charge is 0.376 e. The van der Waals surface area contributed by atoms with Gasteiger partial charge in [-0.15, -0.1) is 0 Å². The molecule has 20 heavy (non-hydrogen) atoms. The molecule has 1 aromatic heterocycles. The Labute approximate surface area is 126 Å². The second-order valence-corrected chi connectivity index (χ2v) is 5.94. The monoisotopic (exact) mass is 310 g/mol. The Bertz CT molecular complexity index is 654. The number of carbonyl (C=O) groups excluding carboxylic acids is 1. The van der Waals surface area contributed by atoms with Gasteiger partial charge in [-0.05, 0) is 25.1 Å². The summed E-state index contributed by atoms with van der Waals surface area (Å²) in [7, 11) is 3.80. The number of hydrogen-bond acceptors (Lipinski definition) is 5. The van der Waals surface area contributed by atoms with E-state index in [0.29, 0.717) is 26.4 Å². The van der Waals surface area contributed by atoms with Gasteiger partial charge in [0.2, 0.25) is 0 Å². The van der Waals surface area contributed by atoms with E-state index in [2.05, 4.69) is 10.3 Å². The van der Waals surface area contributed by atoms with E-state index in [-0.39, 0.29) is 5.91 Å². The third-order valence-corrected chi connectivity index (χ3v) is 3.93. The minimum absolute atomic E-state index is 0.234. The molecule has 2 aromatic rings. The number of nitrogens with one attached hydrogen (secondary N) is 1. The normalized spacial score (nSPS) is 10.4. The quantitative estimate of drug-likeness (QED) is 0.914. The van der Waals surface area contributed by atoms with Gasteiger partial charge in [-0.1, -0.05) is 22.9 Å². The number of rotatable bonds is 3. The number of halogens is 1. The topological polar surface area (TPSA) is 71.2 Å². The predicted molar refractivity (Wildman–Crippen MR) is 85.0 cm³/mol. The van der Waals surface area contributed by atoms with E-state index < -0.39 is 0 Å². The number of carbonyl (C=O) groups is 1. The number of hydrogen-bond donors (Lipinski definition) is 2. The summed E-state index contributed by atoms with van der Waals surface area (Å²) < 4.78 is 0. The molecule has 1 amide bonds. The van der Waals surface area contributed by atoms with Crippen LogP contribution >= 0.6 is 22.9 Å². The van der Waals surface area contributed by atoms with E-state index >= 15 is 0 Å². The average molecular weight is 311 g/mol. The zero-order chi connectivity index (χ0) is 14.9. The number of nitrogens with zero attached hydrogens (tertiary/aromatic N) is 2.